The van der Waals surface area contributed by atoms with Gasteiger partial charge >= 0.3 is 0 Å². The van der Waals surface area contributed by atoms with Crippen LogP contribution in [0, 0.1) is 12.7 Å². The number of nitrogens with zero attached hydrogens (tertiary/aromatic N) is 1. The van der Waals surface area contributed by atoms with Crippen molar-refractivity contribution in [3.8, 4) is 0 Å². The highest BCUT2D eigenvalue weighted by atomic mass is 32.2. The van der Waals surface area contributed by atoms with Crippen LogP contribution in [0.15, 0.2) is 58.3 Å². The summed E-state index contributed by atoms with van der Waals surface area (Å²) in [5.41, 5.74) is 1.52. The van der Waals surface area contributed by atoms with Crippen LogP contribution < -0.4 is 4.83 Å². The van der Waals surface area contributed by atoms with E-state index in [9.17, 15) is 17.6 Å². The van der Waals surface area contributed by atoms with E-state index >= 15 is 0 Å². The molecule has 0 spiro atoms. The molecule has 2 aromatic rings. The fourth-order valence-electron chi connectivity index (χ4n) is 2.15. The monoisotopic (exact) mass is 408 g/mol. The smallest absolute Gasteiger partial charge is 0.267 e. The first-order valence-electron chi connectivity index (χ1n) is 7.39. The summed E-state index contributed by atoms with van der Waals surface area (Å²) >= 11 is 6.08. The molecule has 0 radical (unpaired) electrons. The minimum atomic E-state index is -3.95. The average Bonchev–Trinajstić information content (AvgIpc) is 2.84. The molecule has 0 saturated carbocycles. The predicted octanol–water partition coefficient (Wildman–Crippen LogP) is 3.23. The van der Waals surface area contributed by atoms with E-state index in [0.29, 0.717) is 5.56 Å². The van der Waals surface area contributed by atoms with Crippen LogP contribution in [-0.4, -0.2) is 23.7 Å². The van der Waals surface area contributed by atoms with E-state index < -0.39 is 15.9 Å². The van der Waals surface area contributed by atoms with Crippen molar-refractivity contribution in [2.24, 2.45) is 0 Å². The fourth-order valence-corrected chi connectivity index (χ4v) is 4.46. The number of hydrogen-bond acceptors (Lipinski definition) is 5. The predicted molar refractivity (Wildman–Crippen MR) is 103 cm³/mol. The molecule has 1 N–H and O–H groups in total. The molecule has 3 rings (SSSR count). The number of benzene rings is 2. The lowest BCUT2D eigenvalue weighted by Crippen LogP contribution is -2.44. The number of thiocarbonyl (C=S) groups is 1. The number of sulfonamides is 1. The maximum absolute atomic E-state index is 13.0. The molecule has 0 aromatic heterocycles. The second kappa shape index (κ2) is 7.28. The van der Waals surface area contributed by atoms with Crippen molar-refractivity contribution in [2.45, 2.75) is 11.8 Å². The van der Waals surface area contributed by atoms with Gasteiger partial charge in [0.25, 0.3) is 15.9 Å². The van der Waals surface area contributed by atoms with Crippen molar-refractivity contribution in [1.29, 1.82) is 0 Å². The van der Waals surface area contributed by atoms with E-state index in [-0.39, 0.29) is 19.9 Å². The Labute approximate surface area is 159 Å². The highest BCUT2D eigenvalue weighted by Gasteiger charge is 2.35. The minimum absolute atomic E-state index is 0.0275. The van der Waals surface area contributed by atoms with Crippen LogP contribution in [-0.2, 0) is 14.8 Å². The standard InChI is InChI=1S/C17H13FN2O3S3/c1-11-2-8-14(9-3-11)26(22,23)19-20-16(21)15(25-17(20)24)10-12-4-6-13(18)7-5-12/h2-10,19H,1H3. The van der Waals surface area contributed by atoms with Crippen LogP contribution in [0.5, 0.6) is 0 Å². The summed E-state index contributed by atoms with van der Waals surface area (Å²) in [4.78, 5) is 15.0. The second-order valence-electron chi connectivity index (χ2n) is 5.48. The number of halogens is 1. The van der Waals surface area contributed by atoms with E-state index in [2.05, 4.69) is 4.83 Å². The van der Waals surface area contributed by atoms with Crippen LogP contribution in [0.2, 0.25) is 0 Å². The zero-order valence-electron chi connectivity index (χ0n) is 13.5. The zero-order valence-corrected chi connectivity index (χ0v) is 15.9. The van der Waals surface area contributed by atoms with Gasteiger partial charge in [0, 0.05) is 0 Å². The molecule has 5 nitrogen and oxygen atoms in total. The number of aryl methyl sites for hydroxylation is 1. The summed E-state index contributed by atoms with van der Waals surface area (Å²) in [6.45, 7) is 1.84. The molecule has 2 aromatic carbocycles. The van der Waals surface area contributed by atoms with Gasteiger partial charge < -0.3 is 0 Å². The van der Waals surface area contributed by atoms with E-state index in [0.717, 1.165) is 22.3 Å². The Morgan fingerprint density at radius 2 is 1.73 bits per heavy atom. The maximum atomic E-state index is 13.0. The molecule has 134 valence electrons. The summed E-state index contributed by atoms with van der Waals surface area (Å²) in [5.74, 6) is -0.972. The zero-order chi connectivity index (χ0) is 18.9. The Balaban J connectivity index is 1.83. The van der Waals surface area contributed by atoms with Gasteiger partial charge in [-0.2, -0.15) is 0 Å². The molecular formula is C17H13FN2O3S3. The molecule has 26 heavy (non-hydrogen) atoms. The Bertz CT molecular complexity index is 1000. The summed E-state index contributed by atoms with van der Waals surface area (Å²) in [7, 11) is -3.95. The average molecular weight is 409 g/mol. The number of amides is 1. The van der Waals surface area contributed by atoms with Crippen LogP contribution in [0.1, 0.15) is 11.1 Å². The molecule has 1 aliphatic rings. The van der Waals surface area contributed by atoms with Gasteiger partial charge in [-0.15, -0.1) is 4.83 Å². The number of hydrogen-bond donors (Lipinski definition) is 1. The molecule has 0 atom stereocenters. The first-order valence-corrected chi connectivity index (χ1v) is 10.1. The van der Waals surface area contributed by atoms with Crippen molar-refractivity contribution in [3.63, 3.8) is 0 Å². The van der Waals surface area contributed by atoms with Crippen molar-refractivity contribution in [1.82, 2.24) is 9.84 Å². The van der Waals surface area contributed by atoms with E-state index in [4.69, 9.17) is 12.2 Å². The quantitative estimate of drug-likeness (QED) is 0.622. The molecule has 0 bridgehead atoms. The lowest BCUT2D eigenvalue weighted by atomic mass is 10.2. The van der Waals surface area contributed by atoms with Gasteiger partial charge in [0.15, 0.2) is 4.32 Å². The third-order valence-electron chi connectivity index (χ3n) is 3.50. The van der Waals surface area contributed by atoms with Gasteiger partial charge in [0.1, 0.15) is 5.82 Å². The molecule has 0 aliphatic carbocycles. The third kappa shape index (κ3) is 4.01. The van der Waals surface area contributed by atoms with E-state index in [1.165, 1.54) is 42.5 Å². The number of rotatable bonds is 4. The Kier molecular flexibility index (Phi) is 5.24. The molecule has 9 heteroatoms. The lowest BCUT2D eigenvalue weighted by Gasteiger charge is -2.16. The molecule has 1 fully saturated rings. The minimum Gasteiger partial charge on any atom is -0.267 e. The lowest BCUT2D eigenvalue weighted by molar-refractivity contribution is -0.123. The number of carbonyl (C=O) groups is 1. The van der Waals surface area contributed by atoms with Crippen molar-refractivity contribution in [2.75, 3.05) is 0 Å². The van der Waals surface area contributed by atoms with Crippen LogP contribution >= 0.6 is 24.0 Å². The summed E-state index contributed by atoms with van der Waals surface area (Å²) in [6.07, 6.45) is 1.53. The SMILES string of the molecule is Cc1ccc(S(=O)(=O)NN2C(=O)C(=Cc3ccc(F)cc3)SC2=S)cc1. The van der Waals surface area contributed by atoms with Crippen LogP contribution in [0.25, 0.3) is 6.08 Å². The number of nitrogens with one attached hydrogen (secondary N) is 1. The first kappa shape index (κ1) is 18.7. The van der Waals surface area contributed by atoms with Gasteiger partial charge in [-0.25, -0.2) is 17.8 Å². The fraction of sp³-hybridized carbons (Fsp3) is 0.0588. The molecule has 1 amide bonds. The molecule has 1 aliphatic heterocycles. The Morgan fingerprint density at radius 3 is 2.35 bits per heavy atom. The van der Waals surface area contributed by atoms with Gasteiger partial charge in [0.2, 0.25) is 0 Å². The molecule has 1 heterocycles. The summed E-state index contributed by atoms with van der Waals surface area (Å²) < 4.78 is 38.0. The van der Waals surface area contributed by atoms with Crippen LogP contribution in [0.3, 0.4) is 0 Å². The topological polar surface area (TPSA) is 66.5 Å². The number of carbonyl (C=O) groups excluding carboxylic acids is 1. The summed E-state index contributed by atoms with van der Waals surface area (Å²) in [6, 6.07) is 11.8. The van der Waals surface area contributed by atoms with E-state index in [1.54, 1.807) is 12.1 Å². The van der Waals surface area contributed by atoms with Crippen molar-refractivity contribution < 1.29 is 17.6 Å². The molecular weight excluding hydrogens is 395 g/mol. The normalized spacial score (nSPS) is 16.5. The summed E-state index contributed by atoms with van der Waals surface area (Å²) in [5, 5.41) is 0.824. The van der Waals surface area contributed by atoms with Crippen molar-refractivity contribution in [3.05, 3.63) is 70.4 Å². The van der Waals surface area contributed by atoms with Gasteiger partial charge in [-0.05, 0) is 42.8 Å². The number of thioether (sulfide) groups is 1. The Morgan fingerprint density at radius 1 is 1.12 bits per heavy atom. The molecule has 1 saturated heterocycles. The number of hydrazine groups is 1. The highest BCUT2D eigenvalue weighted by Crippen LogP contribution is 2.32. The highest BCUT2D eigenvalue weighted by molar-refractivity contribution is 8.26. The first-order chi connectivity index (χ1) is 12.3. The van der Waals surface area contributed by atoms with Crippen LogP contribution in [0.4, 0.5) is 4.39 Å². The van der Waals surface area contributed by atoms with Gasteiger partial charge in [-0.3, -0.25) is 4.79 Å². The molecule has 0 unspecified atom stereocenters. The second-order valence-corrected chi connectivity index (χ2v) is 8.81. The largest absolute Gasteiger partial charge is 0.281 e. The van der Waals surface area contributed by atoms with E-state index in [1.807, 2.05) is 6.92 Å². The van der Waals surface area contributed by atoms with Crippen molar-refractivity contribution >= 4 is 50.3 Å². The maximum Gasteiger partial charge on any atom is 0.281 e. The third-order valence-corrected chi connectivity index (χ3v) is 6.12. The van der Waals surface area contributed by atoms with Gasteiger partial charge in [0.05, 0.1) is 9.80 Å². The van der Waals surface area contributed by atoms with Gasteiger partial charge in [-0.1, -0.05) is 53.8 Å². The Hall–Kier alpha value is -2.07.